The number of carbonyl (C=O) groups is 8. The van der Waals surface area contributed by atoms with E-state index in [9.17, 15) is 53.7 Å². The van der Waals surface area contributed by atoms with Crippen molar-refractivity contribution in [2.24, 2.45) is 28.1 Å². The van der Waals surface area contributed by atoms with Crippen LogP contribution in [0.25, 0.3) is 0 Å². The lowest BCUT2D eigenvalue weighted by atomic mass is 9.96. The van der Waals surface area contributed by atoms with E-state index >= 15 is 0 Å². The SMILES string of the molecule is CC[C@H](C)[C@H](NC(=O)[C@@H](NC(=O)[C@H](CCC(=O)O)NC(=O)[C@H](C)NC(=O)[C@@H](N)CCCN=C(N)N)[C@@H](C)O)C(=O)N[C@@H](CCC(=O)O)C(=O)O. The third-order valence-electron chi connectivity index (χ3n) is 7.45. The van der Waals surface area contributed by atoms with Gasteiger partial charge in [0.25, 0.3) is 0 Å². The number of carbonyl (C=O) groups excluding carboxylic acids is 5. The predicted molar refractivity (Wildman–Crippen MR) is 176 cm³/mol. The lowest BCUT2D eigenvalue weighted by Crippen LogP contribution is -2.62. The summed E-state index contributed by atoms with van der Waals surface area (Å²) >= 11 is 0. The zero-order valence-electron chi connectivity index (χ0n) is 28.5. The molecule has 5 amide bonds. The molecule has 0 aliphatic rings. The van der Waals surface area contributed by atoms with Gasteiger partial charge in [-0.2, -0.15) is 0 Å². The van der Waals surface area contributed by atoms with Crippen molar-refractivity contribution in [2.75, 3.05) is 6.54 Å². The number of aliphatic imine (C=N–C) groups is 1. The minimum absolute atomic E-state index is 0.129. The van der Waals surface area contributed by atoms with Crippen LogP contribution in [-0.2, 0) is 38.4 Å². The molecule has 15 N–H and O–H groups in total. The topological polar surface area (TPSA) is 368 Å². The van der Waals surface area contributed by atoms with Crippen molar-refractivity contribution >= 4 is 53.4 Å². The lowest BCUT2D eigenvalue weighted by Gasteiger charge is -2.29. The molecule has 284 valence electrons. The molecule has 0 radical (unpaired) electrons. The Kier molecular flexibility index (Phi) is 20.3. The van der Waals surface area contributed by atoms with Crippen LogP contribution in [0.4, 0.5) is 0 Å². The van der Waals surface area contributed by atoms with Gasteiger partial charge in [0.15, 0.2) is 5.96 Å². The molecule has 8 atom stereocenters. The van der Waals surface area contributed by atoms with E-state index in [1.807, 2.05) is 0 Å². The fourth-order valence-electron chi connectivity index (χ4n) is 4.26. The number of nitrogens with one attached hydrogen (secondary N) is 5. The second-order valence-electron chi connectivity index (χ2n) is 11.7. The van der Waals surface area contributed by atoms with Crippen LogP contribution in [0.2, 0.25) is 0 Å². The van der Waals surface area contributed by atoms with E-state index in [4.69, 9.17) is 22.3 Å². The van der Waals surface area contributed by atoms with Crippen LogP contribution in [0.3, 0.4) is 0 Å². The summed E-state index contributed by atoms with van der Waals surface area (Å²) in [5, 5.41) is 49.4. The van der Waals surface area contributed by atoms with Crippen LogP contribution >= 0.6 is 0 Å². The van der Waals surface area contributed by atoms with Crippen molar-refractivity contribution in [3.8, 4) is 0 Å². The molecule has 0 spiro atoms. The van der Waals surface area contributed by atoms with Crippen LogP contribution in [0.1, 0.15) is 72.6 Å². The van der Waals surface area contributed by atoms with E-state index in [2.05, 4.69) is 31.6 Å². The van der Waals surface area contributed by atoms with Gasteiger partial charge >= 0.3 is 17.9 Å². The number of nitrogens with two attached hydrogens (primary N) is 3. The molecule has 0 aromatic rings. The zero-order valence-corrected chi connectivity index (χ0v) is 28.5. The number of amides is 5. The van der Waals surface area contributed by atoms with Crippen LogP contribution in [0.5, 0.6) is 0 Å². The predicted octanol–water partition coefficient (Wildman–Crippen LogP) is -3.95. The quantitative estimate of drug-likeness (QED) is 0.0257. The van der Waals surface area contributed by atoms with Crippen molar-refractivity contribution in [1.82, 2.24) is 26.6 Å². The second-order valence-corrected chi connectivity index (χ2v) is 11.7. The second kappa shape index (κ2) is 22.6. The first-order valence-electron chi connectivity index (χ1n) is 15.9. The van der Waals surface area contributed by atoms with Crippen LogP contribution in [-0.4, -0.2) is 123 Å². The van der Waals surface area contributed by atoms with Gasteiger partial charge in [0, 0.05) is 19.4 Å². The summed E-state index contributed by atoms with van der Waals surface area (Å²) in [6, 6.07) is -8.57. The Morgan fingerprint density at radius 2 is 1.16 bits per heavy atom. The molecule has 0 fully saturated rings. The maximum absolute atomic E-state index is 13.3. The molecule has 0 heterocycles. The molecule has 0 bridgehead atoms. The average Bonchev–Trinajstić information content (AvgIpc) is 3.02. The monoisotopic (exact) mass is 717 g/mol. The third-order valence-corrected chi connectivity index (χ3v) is 7.45. The molecule has 0 unspecified atom stereocenters. The van der Waals surface area contributed by atoms with Crippen molar-refractivity contribution in [3.63, 3.8) is 0 Å². The summed E-state index contributed by atoms with van der Waals surface area (Å²) in [7, 11) is 0. The van der Waals surface area contributed by atoms with Gasteiger partial charge in [-0.1, -0.05) is 20.3 Å². The van der Waals surface area contributed by atoms with E-state index in [-0.39, 0.29) is 18.9 Å². The minimum atomic E-state index is -1.75. The molecule has 21 nitrogen and oxygen atoms in total. The molecule has 0 aromatic heterocycles. The first kappa shape index (κ1) is 44.9. The van der Waals surface area contributed by atoms with Gasteiger partial charge in [-0.25, -0.2) is 4.79 Å². The van der Waals surface area contributed by atoms with Crippen molar-refractivity contribution < 1.29 is 58.8 Å². The molecule has 0 saturated carbocycles. The first-order valence-corrected chi connectivity index (χ1v) is 15.9. The number of rotatable bonds is 24. The van der Waals surface area contributed by atoms with Gasteiger partial charge < -0.3 is 64.2 Å². The Balaban J connectivity index is 5.81. The largest absolute Gasteiger partial charge is 0.481 e. The van der Waals surface area contributed by atoms with Crippen LogP contribution < -0.4 is 43.8 Å². The average molecular weight is 718 g/mol. The molecule has 0 aliphatic heterocycles. The number of carboxylic acids is 3. The summed E-state index contributed by atoms with van der Waals surface area (Å²) < 4.78 is 0. The minimum Gasteiger partial charge on any atom is -0.481 e. The third kappa shape index (κ3) is 17.4. The number of aliphatic hydroxyl groups excluding tert-OH is 1. The smallest absolute Gasteiger partial charge is 0.326 e. The normalized spacial score (nSPS) is 15.6. The lowest BCUT2D eigenvalue weighted by molar-refractivity contribution is -0.144. The van der Waals surface area contributed by atoms with Crippen molar-refractivity contribution in [1.29, 1.82) is 0 Å². The van der Waals surface area contributed by atoms with E-state index < -0.39 is 121 Å². The summed E-state index contributed by atoms with van der Waals surface area (Å²) in [6.45, 7) is 5.87. The molecule has 0 rings (SSSR count). The van der Waals surface area contributed by atoms with E-state index in [0.717, 1.165) is 6.92 Å². The number of carboxylic acid groups (broad SMARTS) is 3. The molecular formula is C29H51N9O12. The number of hydrogen-bond acceptors (Lipinski definition) is 11. The summed E-state index contributed by atoms with van der Waals surface area (Å²) in [5.74, 6) is -9.58. The molecule has 0 aromatic carbocycles. The summed E-state index contributed by atoms with van der Waals surface area (Å²) in [6.07, 6.45) is -2.82. The summed E-state index contributed by atoms with van der Waals surface area (Å²) in [5.41, 5.74) is 16.3. The zero-order chi connectivity index (χ0) is 38.7. The Morgan fingerprint density at radius 1 is 0.660 bits per heavy atom. The van der Waals surface area contributed by atoms with E-state index in [1.54, 1.807) is 13.8 Å². The highest BCUT2D eigenvalue weighted by Gasteiger charge is 2.35. The highest BCUT2D eigenvalue weighted by Crippen LogP contribution is 2.11. The Hall–Kier alpha value is -5.05. The van der Waals surface area contributed by atoms with Gasteiger partial charge in [-0.3, -0.25) is 38.6 Å². The van der Waals surface area contributed by atoms with Crippen molar-refractivity contribution in [2.45, 2.75) is 115 Å². The number of nitrogens with zero attached hydrogens (tertiary/aromatic N) is 1. The highest BCUT2D eigenvalue weighted by molar-refractivity contribution is 5.96. The molecular weight excluding hydrogens is 666 g/mol. The van der Waals surface area contributed by atoms with Crippen LogP contribution in [0.15, 0.2) is 4.99 Å². The van der Waals surface area contributed by atoms with E-state index in [0.29, 0.717) is 12.8 Å². The first-order chi connectivity index (χ1) is 23.2. The number of hydrogen-bond donors (Lipinski definition) is 12. The summed E-state index contributed by atoms with van der Waals surface area (Å²) in [4.78, 5) is 103. The standard InChI is InChI=1S/C29H51N9O12/c1-5-13(2)21(26(47)36-18(28(49)50)9-11-20(42)43)37-27(48)22(15(4)39)38-25(46)17(8-10-19(40)41)35-23(44)14(3)34-24(45)16(30)7-6-12-33-29(31)32/h13-18,21-22,39H,5-12,30H2,1-4H3,(H,34,45)(H,35,44)(H,36,47)(H,37,48)(H,38,46)(H,40,41)(H,42,43)(H,49,50)(H4,31,32,33)/t13-,14-,15+,16-,17-,18-,21-,22-/m0/s1. The Bertz CT molecular complexity index is 1240. The maximum Gasteiger partial charge on any atom is 0.326 e. The highest BCUT2D eigenvalue weighted by atomic mass is 16.4. The number of guanidine groups is 1. The Morgan fingerprint density at radius 3 is 1.64 bits per heavy atom. The molecule has 50 heavy (non-hydrogen) atoms. The molecule has 0 aliphatic carbocycles. The van der Waals surface area contributed by atoms with Gasteiger partial charge in [-0.15, -0.1) is 0 Å². The maximum atomic E-state index is 13.3. The van der Waals surface area contributed by atoms with Gasteiger partial charge in [-0.05, 0) is 45.4 Å². The van der Waals surface area contributed by atoms with Gasteiger partial charge in [0.05, 0.1) is 12.1 Å². The number of aliphatic hydroxyl groups is 1. The van der Waals surface area contributed by atoms with Gasteiger partial charge in [0.1, 0.15) is 30.2 Å². The fourth-order valence-corrected chi connectivity index (χ4v) is 4.26. The van der Waals surface area contributed by atoms with Gasteiger partial charge in [0.2, 0.25) is 29.5 Å². The van der Waals surface area contributed by atoms with Crippen LogP contribution in [0, 0.1) is 5.92 Å². The Labute approximate surface area is 288 Å². The number of aliphatic carboxylic acids is 3. The molecule has 21 heteroatoms. The fraction of sp³-hybridized carbons (Fsp3) is 0.690. The van der Waals surface area contributed by atoms with Crippen molar-refractivity contribution in [3.05, 3.63) is 0 Å². The molecule has 0 saturated heterocycles. The van der Waals surface area contributed by atoms with E-state index in [1.165, 1.54) is 6.92 Å².